The fourth-order valence-corrected chi connectivity index (χ4v) is 2.06. The van der Waals surface area contributed by atoms with Crippen LogP contribution in [0.5, 0.6) is 0 Å². The first-order valence-corrected chi connectivity index (χ1v) is 6.25. The van der Waals surface area contributed by atoms with Crippen molar-refractivity contribution in [3.63, 3.8) is 0 Å². The van der Waals surface area contributed by atoms with E-state index >= 15 is 0 Å². The summed E-state index contributed by atoms with van der Waals surface area (Å²) >= 11 is 0. The van der Waals surface area contributed by atoms with E-state index in [2.05, 4.69) is 5.32 Å². The second-order valence-corrected chi connectivity index (χ2v) is 5.63. The molecule has 1 amide bonds. The van der Waals surface area contributed by atoms with E-state index in [1.54, 1.807) is 6.92 Å². The molecule has 1 rings (SSSR count). The van der Waals surface area contributed by atoms with Gasteiger partial charge in [-0.15, -0.1) is 0 Å². The zero-order valence-corrected chi connectivity index (χ0v) is 9.38. The lowest BCUT2D eigenvalue weighted by Crippen LogP contribution is -2.32. The average molecular weight is 233 g/mol. The number of carboxylic acids is 1. The third-order valence-electron chi connectivity index (χ3n) is 2.13. The Morgan fingerprint density at radius 1 is 1.53 bits per heavy atom. The second-order valence-electron chi connectivity index (χ2n) is 3.78. The Hall–Kier alpha value is -0.910. The van der Waals surface area contributed by atoms with Gasteiger partial charge in [0.1, 0.15) is 5.75 Å². The van der Waals surface area contributed by atoms with Gasteiger partial charge in [0.05, 0.1) is 6.42 Å². The number of carbonyl (C=O) groups is 2. The van der Waals surface area contributed by atoms with Gasteiger partial charge in [-0.1, -0.05) is 6.92 Å². The SMILES string of the molecule is CC(CC(=O)O)S(=O)CC(=O)NC1CC1. The fourth-order valence-electron chi connectivity index (χ4n) is 1.11. The van der Waals surface area contributed by atoms with Crippen molar-refractivity contribution in [2.24, 2.45) is 0 Å². The van der Waals surface area contributed by atoms with E-state index in [0.29, 0.717) is 0 Å². The second kappa shape index (κ2) is 5.25. The summed E-state index contributed by atoms with van der Waals surface area (Å²) in [7, 11) is -1.40. The molecular formula is C9H15NO4S. The molecule has 0 saturated heterocycles. The van der Waals surface area contributed by atoms with Crippen LogP contribution in [0.15, 0.2) is 0 Å². The van der Waals surface area contributed by atoms with Crippen molar-refractivity contribution in [2.75, 3.05) is 5.75 Å². The smallest absolute Gasteiger partial charge is 0.304 e. The lowest BCUT2D eigenvalue weighted by molar-refractivity contribution is -0.137. The van der Waals surface area contributed by atoms with Crippen molar-refractivity contribution >= 4 is 22.7 Å². The lowest BCUT2D eigenvalue weighted by atomic mass is 10.3. The molecule has 0 aromatic carbocycles. The number of hydrogen-bond acceptors (Lipinski definition) is 3. The molecule has 1 saturated carbocycles. The van der Waals surface area contributed by atoms with Crippen LogP contribution in [-0.2, 0) is 20.4 Å². The van der Waals surface area contributed by atoms with Crippen molar-refractivity contribution in [3.8, 4) is 0 Å². The number of rotatable bonds is 6. The summed E-state index contributed by atoms with van der Waals surface area (Å²) in [6, 6.07) is 0.254. The molecule has 5 nitrogen and oxygen atoms in total. The molecule has 0 aromatic heterocycles. The Morgan fingerprint density at radius 3 is 2.60 bits per heavy atom. The Balaban J connectivity index is 2.26. The fraction of sp³-hybridized carbons (Fsp3) is 0.778. The van der Waals surface area contributed by atoms with Gasteiger partial charge in [-0.3, -0.25) is 13.8 Å². The van der Waals surface area contributed by atoms with Crippen LogP contribution in [0.1, 0.15) is 26.2 Å². The molecule has 0 spiro atoms. The minimum absolute atomic E-state index is 0.0923. The maximum Gasteiger partial charge on any atom is 0.304 e. The first-order chi connectivity index (χ1) is 6.99. The van der Waals surface area contributed by atoms with Crippen molar-refractivity contribution in [3.05, 3.63) is 0 Å². The Kier molecular flexibility index (Phi) is 4.26. The van der Waals surface area contributed by atoms with E-state index in [1.807, 2.05) is 0 Å². The first kappa shape index (κ1) is 12.2. The van der Waals surface area contributed by atoms with Crippen molar-refractivity contribution < 1.29 is 18.9 Å². The molecule has 0 heterocycles. The van der Waals surface area contributed by atoms with Crippen LogP contribution in [0.2, 0.25) is 0 Å². The van der Waals surface area contributed by atoms with E-state index in [-0.39, 0.29) is 24.1 Å². The Morgan fingerprint density at radius 2 is 2.13 bits per heavy atom. The zero-order valence-electron chi connectivity index (χ0n) is 8.56. The highest BCUT2D eigenvalue weighted by atomic mass is 32.2. The third kappa shape index (κ3) is 4.92. The number of nitrogens with one attached hydrogen (secondary N) is 1. The number of carboxylic acid groups (broad SMARTS) is 1. The normalized spacial score (nSPS) is 19.3. The molecule has 1 fully saturated rings. The standard InChI is InChI=1S/C9H15NO4S/c1-6(4-9(12)13)15(14)5-8(11)10-7-2-3-7/h6-7H,2-5H2,1H3,(H,10,11)(H,12,13). The molecule has 15 heavy (non-hydrogen) atoms. The average Bonchev–Trinajstić information content (AvgIpc) is 2.86. The molecule has 1 aliphatic carbocycles. The Bertz CT molecular complexity index is 288. The molecule has 86 valence electrons. The Labute approximate surface area is 90.7 Å². The summed E-state index contributed by atoms with van der Waals surface area (Å²) in [5.41, 5.74) is 0. The van der Waals surface area contributed by atoms with Gasteiger partial charge in [0.2, 0.25) is 5.91 Å². The number of hydrogen-bond donors (Lipinski definition) is 2. The summed E-state index contributed by atoms with van der Waals surface area (Å²) in [6.45, 7) is 1.58. The summed E-state index contributed by atoms with van der Waals surface area (Å²) in [5, 5.41) is 10.7. The molecular weight excluding hydrogens is 218 g/mol. The highest BCUT2D eigenvalue weighted by Gasteiger charge is 2.25. The van der Waals surface area contributed by atoms with E-state index in [9.17, 15) is 13.8 Å². The molecule has 0 bridgehead atoms. The molecule has 0 aliphatic heterocycles. The summed E-state index contributed by atoms with van der Waals surface area (Å²) in [6.07, 6.45) is 1.81. The van der Waals surface area contributed by atoms with Crippen molar-refractivity contribution in [2.45, 2.75) is 37.5 Å². The molecule has 1 aliphatic rings. The maximum absolute atomic E-state index is 11.5. The van der Waals surface area contributed by atoms with Gasteiger partial charge < -0.3 is 10.4 Å². The van der Waals surface area contributed by atoms with Crippen LogP contribution < -0.4 is 5.32 Å². The van der Waals surface area contributed by atoms with Gasteiger partial charge in [0.25, 0.3) is 0 Å². The van der Waals surface area contributed by atoms with Crippen LogP contribution in [0, 0.1) is 0 Å². The summed E-state index contributed by atoms with van der Waals surface area (Å²) in [5.74, 6) is -1.32. The minimum atomic E-state index is -1.40. The topological polar surface area (TPSA) is 83.5 Å². The zero-order chi connectivity index (χ0) is 11.4. The minimum Gasteiger partial charge on any atom is -0.481 e. The number of amides is 1. The number of carbonyl (C=O) groups excluding carboxylic acids is 1. The predicted molar refractivity (Wildman–Crippen MR) is 55.9 cm³/mol. The summed E-state index contributed by atoms with van der Waals surface area (Å²) in [4.78, 5) is 21.6. The van der Waals surface area contributed by atoms with Crippen LogP contribution >= 0.6 is 0 Å². The van der Waals surface area contributed by atoms with E-state index < -0.39 is 22.0 Å². The van der Waals surface area contributed by atoms with E-state index in [0.717, 1.165) is 12.8 Å². The monoisotopic (exact) mass is 233 g/mol. The van der Waals surface area contributed by atoms with Crippen molar-refractivity contribution in [1.82, 2.24) is 5.32 Å². The van der Waals surface area contributed by atoms with Gasteiger partial charge in [-0.2, -0.15) is 0 Å². The van der Waals surface area contributed by atoms with Gasteiger partial charge in [0, 0.05) is 22.1 Å². The van der Waals surface area contributed by atoms with Gasteiger partial charge in [0.15, 0.2) is 0 Å². The van der Waals surface area contributed by atoms with Crippen LogP contribution in [0.4, 0.5) is 0 Å². The van der Waals surface area contributed by atoms with E-state index in [1.165, 1.54) is 0 Å². The van der Waals surface area contributed by atoms with Crippen molar-refractivity contribution in [1.29, 1.82) is 0 Å². The largest absolute Gasteiger partial charge is 0.481 e. The quantitative estimate of drug-likeness (QED) is 0.669. The molecule has 0 aromatic rings. The van der Waals surface area contributed by atoms with Crippen LogP contribution in [-0.4, -0.2) is 38.2 Å². The molecule has 2 unspecified atom stereocenters. The van der Waals surface area contributed by atoms with Gasteiger partial charge in [-0.25, -0.2) is 0 Å². The molecule has 0 radical (unpaired) electrons. The van der Waals surface area contributed by atoms with Crippen LogP contribution in [0.3, 0.4) is 0 Å². The molecule has 6 heteroatoms. The number of aliphatic carboxylic acids is 1. The highest BCUT2D eigenvalue weighted by Crippen LogP contribution is 2.18. The molecule has 2 N–H and O–H groups in total. The van der Waals surface area contributed by atoms with E-state index in [4.69, 9.17) is 5.11 Å². The van der Waals surface area contributed by atoms with Gasteiger partial charge in [-0.05, 0) is 12.8 Å². The van der Waals surface area contributed by atoms with Gasteiger partial charge >= 0.3 is 5.97 Å². The predicted octanol–water partition coefficient (Wildman–Crippen LogP) is -0.123. The molecule has 2 atom stereocenters. The maximum atomic E-state index is 11.5. The summed E-state index contributed by atoms with van der Waals surface area (Å²) < 4.78 is 11.5. The van der Waals surface area contributed by atoms with Crippen LogP contribution in [0.25, 0.3) is 0 Å². The lowest BCUT2D eigenvalue weighted by Gasteiger charge is -2.08. The first-order valence-electron chi connectivity index (χ1n) is 4.87. The highest BCUT2D eigenvalue weighted by molar-refractivity contribution is 7.86. The third-order valence-corrected chi connectivity index (χ3v) is 3.74.